The molecule has 0 radical (unpaired) electrons. The van der Waals surface area contributed by atoms with Crippen molar-refractivity contribution in [3.63, 3.8) is 0 Å². The van der Waals surface area contributed by atoms with Crippen LogP contribution in [0.2, 0.25) is 0 Å². The van der Waals surface area contributed by atoms with Crippen LogP contribution in [0.5, 0.6) is 0 Å². The van der Waals surface area contributed by atoms with Gasteiger partial charge in [0, 0.05) is 10.9 Å². The van der Waals surface area contributed by atoms with E-state index >= 15 is 0 Å². The van der Waals surface area contributed by atoms with Gasteiger partial charge < -0.3 is 5.73 Å². The van der Waals surface area contributed by atoms with Crippen LogP contribution in [0, 0.1) is 0 Å². The molecule has 0 heterocycles. The van der Waals surface area contributed by atoms with Crippen LogP contribution < -0.4 is 11.1 Å². The fraction of sp³-hybridized carbons (Fsp3) is 0.462. The zero-order chi connectivity index (χ0) is 12.8. The van der Waals surface area contributed by atoms with E-state index in [1.54, 1.807) is 11.8 Å². The molecule has 17 heavy (non-hydrogen) atoms. The van der Waals surface area contributed by atoms with E-state index in [0.29, 0.717) is 0 Å². The summed E-state index contributed by atoms with van der Waals surface area (Å²) in [4.78, 5) is 12.6. The van der Waals surface area contributed by atoms with Gasteiger partial charge in [-0.25, -0.2) is 0 Å². The molecule has 2 atom stereocenters. The third kappa shape index (κ3) is 4.06. The van der Waals surface area contributed by atoms with E-state index in [2.05, 4.69) is 12.2 Å². The van der Waals surface area contributed by atoms with Crippen molar-refractivity contribution in [1.29, 1.82) is 0 Å². The minimum absolute atomic E-state index is 0.271. The average Bonchev–Trinajstić information content (AvgIpc) is 2.35. The van der Waals surface area contributed by atoms with E-state index in [4.69, 9.17) is 5.73 Å². The molecule has 1 rings (SSSR count). The molecule has 0 aliphatic heterocycles. The van der Waals surface area contributed by atoms with Crippen molar-refractivity contribution in [3.8, 4) is 0 Å². The molecule has 0 bridgehead atoms. The van der Waals surface area contributed by atoms with Gasteiger partial charge in [0.05, 0.1) is 0 Å². The lowest BCUT2D eigenvalue weighted by Gasteiger charge is -2.20. The van der Waals surface area contributed by atoms with E-state index < -0.39 is 6.04 Å². The summed E-state index contributed by atoms with van der Waals surface area (Å²) in [6, 6.07) is 7.80. The van der Waals surface area contributed by atoms with Crippen LogP contribution in [-0.2, 0) is 4.79 Å². The van der Waals surface area contributed by atoms with Gasteiger partial charge in [-0.3, -0.25) is 10.1 Å². The third-order valence-electron chi connectivity index (χ3n) is 2.80. The van der Waals surface area contributed by atoms with Crippen LogP contribution in [-0.4, -0.2) is 18.2 Å². The van der Waals surface area contributed by atoms with Crippen molar-refractivity contribution in [2.24, 2.45) is 5.73 Å². The summed E-state index contributed by atoms with van der Waals surface area (Å²) in [7, 11) is 0. The number of benzene rings is 1. The molecule has 1 aromatic carbocycles. The Morgan fingerprint density at radius 1 is 1.41 bits per heavy atom. The van der Waals surface area contributed by atoms with E-state index in [9.17, 15) is 4.79 Å². The smallest absolute Gasteiger partial charge is 0.239 e. The van der Waals surface area contributed by atoms with Crippen LogP contribution in [0.4, 0.5) is 0 Å². The highest BCUT2D eigenvalue weighted by Crippen LogP contribution is 2.19. The summed E-state index contributed by atoms with van der Waals surface area (Å²) < 4.78 is 0. The number of hydrogen-bond acceptors (Lipinski definition) is 3. The Morgan fingerprint density at radius 3 is 2.41 bits per heavy atom. The molecule has 2 unspecified atom stereocenters. The van der Waals surface area contributed by atoms with E-state index in [1.807, 2.05) is 37.4 Å². The van der Waals surface area contributed by atoms with Crippen molar-refractivity contribution < 1.29 is 4.79 Å². The highest BCUT2D eigenvalue weighted by molar-refractivity contribution is 7.98. The molecule has 0 aliphatic rings. The van der Waals surface area contributed by atoms with Crippen LogP contribution in [0.1, 0.15) is 31.9 Å². The topological polar surface area (TPSA) is 55.1 Å². The van der Waals surface area contributed by atoms with Crippen LogP contribution in [0.15, 0.2) is 29.2 Å². The Labute approximate surface area is 107 Å². The normalized spacial score (nSPS) is 14.3. The lowest BCUT2D eigenvalue weighted by Crippen LogP contribution is -2.38. The molecule has 0 aliphatic carbocycles. The van der Waals surface area contributed by atoms with Crippen LogP contribution in [0.3, 0.4) is 0 Å². The summed E-state index contributed by atoms with van der Waals surface area (Å²) in [6.45, 7) is 4.12. The molecule has 1 amide bonds. The molecule has 3 nitrogen and oxygen atoms in total. The first-order chi connectivity index (χ1) is 8.08. The van der Waals surface area contributed by atoms with Gasteiger partial charge in [-0.15, -0.1) is 11.8 Å². The molecule has 0 fully saturated rings. The van der Waals surface area contributed by atoms with Gasteiger partial charge in [-0.05, 0) is 37.3 Å². The molecule has 94 valence electrons. The second-order valence-corrected chi connectivity index (χ2v) is 4.96. The maximum Gasteiger partial charge on any atom is 0.239 e. The first-order valence-corrected chi connectivity index (χ1v) is 7.00. The van der Waals surface area contributed by atoms with E-state index in [0.717, 1.165) is 12.0 Å². The van der Waals surface area contributed by atoms with Gasteiger partial charge >= 0.3 is 0 Å². The zero-order valence-electron chi connectivity index (χ0n) is 10.6. The monoisotopic (exact) mass is 252 g/mol. The molecule has 0 spiro atoms. The van der Waals surface area contributed by atoms with Crippen LogP contribution >= 0.6 is 11.8 Å². The van der Waals surface area contributed by atoms with Crippen molar-refractivity contribution in [3.05, 3.63) is 29.8 Å². The first kappa shape index (κ1) is 14.1. The number of amides is 1. The molecule has 1 aromatic rings. The number of nitrogens with two attached hydrogens (primary N) is 1. The second-order valence-electron chi connectivity index (χ2n) is 4.08. The van der Waals surface area contributed by atoms with Gasteiger partial charge in [-0.1, -0.05) is 19.1 Å². The standard InChI is InChI=1S/C13H20N2OS/c1-4-9(2)15-12(13(14)16)10-5-7-11(17-3)8-6-10/h5-9,12,15H,4H2,1-3H3,(H2,14,16). The number of carbonyl (C=O) groups excluding carboxylic acids is 1. The number of nitrogens with one attached hydrogen (secondary N) is 1. The van der Waals surface area contributed by atoms with Gasteiger partial charge in [0.15, 0.2) is 0 Å². The van der Waals surface area contributed by atoms with Crippen LogP contribution in [0.25, 0.3) is 0 Å². The SMILES string of the molecule is CCC(C)NC(C(N)=O)c1ccc(SC)cc1. The Hall–Kier alpha value is -1.00. The maximum absolute atomic E-state index is 11.5. The van der Waals surface area contributed by atoms with Gasteiger partial charge in [0.1, 0.15) is 6.04 Å². The largest absolute Gasteiger partial charge is 0.368 e. The highest BCUT2D eigenvalue weighted by atomic mass is 32.2. The minimum atomic E-state index is -0.402. The van der Waals surface area contributed by atoms with Gasteiger partial charge in [-0.2, -0.15) is 0 Å². The molecule has 3 N–H and O–H groups in total. The number of carbonyl (C=O) groups is 1. The summed E-state index contributed by atoms with van der Waals surface area (Å²) in [5.41, 5.74) is 6.36. The zero-order valence-corrected chi connectivity index (χ0v) is 11.4. The van der Waals surface area contributed by atoms with Crippen molar-refractivity contribution >= 4 is 17.7 Å². The van der Waals surface area contributed by atoms with E-state index in [1.165, 1.54) is 4.90 Å². The lowest BCUT2D eigenvalue weighted by molar-refractivity contribution is -0.120. The molecule has 0 aromatic heterocycles. The quantitative estimate of drug-likeness (QED) is 0.764. The molecular formula is C13H20N2OS. The molecule has 4 heteroatoms. The van der Waals surface area contributed by atoms with Crippen molar-refractivity contribution in [2.75, 3.05) is 6.26 Å². The van der Waals surface area contributed by atoms with Crippen molar-refractivity contribution in [1.82, 2.24) is 5.32 Å². The van der Waals surface area contributed by atoms with E-state index in [-0.39, 0.29) is 11.9 Å². The fourth-order valence-electron chi connectivity index (χ4n) is 1.54. The highest BCUT2D eigenvalue weighted by Gasteiger charge is 2.18. The molecular weight excluding hydrogens is 232 g/mol. The number of thioether (sulfide) groups is 1. The Morgan fingerprint density at radius 2 is 2.00 bits per heavy atom. The molecule has 0 saturated carbocycles. The Balaban J connectivity index is 2.85. The number of rotatable bonds is 6. The van der Waals surface area contributed by atoms with Gasteiger partial charge in [0.2, 0.25) is 5.91 Å². The summed E-state index contributed by atoms with van der Waals surface area (Å²) in [6.07, 6.45) is 2.99. The van der Waals surface area contributed by atoms with Gasteiger partial charge in [0.25, 0.3) is 0 Å². The Kier molecular flexibility index (Phi) is 5.51. The third-order valence-corrected chi connectivity index (χ3v) is 3.54. The second kappa shape index (κ2) is 6.67. The fourth-order valence-corrected chi connectivity index (χ4v) is 1.95. The lowest BCUT2D eigenvalue weighted by atomic mass is 10.1. The Bertz CT molecular complexity index is 364. The number of primary amides is 1. The predicted octanol–water partition coefficient (Wildman–Crippen LogP) is 2.32. The maximum atomic E-state index is 11.5. The van der Waals surface area contributed by atoms with Crippen molar-refractivity contribution in [2.45, 2.75) is 37.2 Å². The molecule has 0 saturated heterocycles. The minimum Gasteiger partial charge on any atom is -0.368 e. The number of hydrogen-bond donors (Lipinski definition) is 2. The predicted molar refractivity (Wildman–Crippen MR) is 73.0 cm³/mol. The summed E-state index contributed by atoms with van der Waals surface area (Å²) >= 11 is 1.68. The summed E-state index contributed by atoms with van der Waals surface area (Å²) in [5.74, 6) is -0.331. The summed E-state index contributed by atoms with van der Waals surface area (Å²) in [5, 5.41) is 3.24. The average molecular weight is 252 g/mol. The first-order valence-electron chi connectivity index (χ1n) is 5.77.